The van der Waals surface area contributed by atoms with Gasteiger partial charge in [-0.2, -0.15) is 0 Å². The van der Waals surface area contributed by atoms with Crippen LogP contribution in [0.15, 0.2) is 54.6 Å². The van der Waals surface area contributed by atoms with E-state index in [1.165, 1.54) is 0 Å². The molecule has 0 saturated heterocycles. The Morgan fingerprint density at radius 3 is 2.50 bits per heavy atom. The first-order chi connectivity index (χ1) is 11.5. The van der Waals surface area contributed by atoms with Gasteiger partial charge >= 0.3 is 0 Å². The molecule has 3 aromatic rings. The number of aromatic nitrogens is 1. The minimum absolute atomic E-state index is 0.0510. The summed E-state index contributed by atoms with van der Waals surface area (Å²) in [4.78, 5) is 15.7. The number of fused-ring (bicyclic) bond motifs is 1. The molecule has 4 heteroatoms. The number of benzene rings is 2. The molecule has 0 unspecified atom stereocenters. The maximum Gasteiger partial charge on any atom is 0.268 e. The van der Waals surface area contributed by atoms with Gasteiger partial charge in [-0.3, -0.25) is 4.79 Å². The number of ether oxygens (including phenoxy) is 1. The third kappa shape index (κ3) is 3.59. The Bertz CT molecular complexity index is 837. The summed E-state index contributed by atoms with van der Waals surface area (Å²) in [6.07, 6.45) is 0.121. The maximum atomic E-state index is 12.5. The lowest BCUT2D eigenvalue weighted by atomic mass is 10.1. The smallest absolute Gasteiger partial charge is 0.268 e. The van der Waals surface area contributed by atoms with Crippen LogP contribution in [-0.4, -0.2) is 17.0 Å². The van der Waals surface area contributed by atoms with Crippen molar-refractivity contribution in [3.63, 3.8) is 0 Å². The molecule has 0 fully saturated rings. The molecule has 0 aliphatic rings. The van der Waals surface area contributed by atoms with Gasteiger partial charge in [-0.15, -0.1) is 0 Å². The van der Waals surface area contributed by atoms with Gasteiger partial charge in [0.25, 0.3) is 5.91 Å². The summed E-state index contributed by atoms with van der Waals surface area (Å²) in [5.41, 5.74) is 2.55. The lowest BCUT2D eigenvalue weighted by molar-refractivity contribution is 0.0935. The topological polar surface area (TPSA) is 54.1 Å². The summed E-state index contributed by atoms with van der Waals surface area (Å²) < 4.78 is 5.70. The standard InChI is InChI=1S/C20H22N2O2/c1-13(2)24-17-9-10-18-16(11-17)12-19(22-18)20(23)21-14(3)15-7-5-4-6-8-15/h4-14,22H,1-3H3,(H,21,23)/t14-/m1/s1. The zero-order chi connectivity index (χ0) is 17.1. The number of hydrogen-bond donors (Lipinski definition) is 2. The van der Waals surface area contributed by atoms with Crippen molar-refractivity contribution in [1.82, 2.24) is 10.3 Å². The number of rotatable bonds is 5. The van der Waals surface area contributed by atoms with Crippen molar-refractivity contribution in [2.24, 2.45) is 0 Å². The van der Waals surface area contributed by atoms with E-state index in [2.05, 4.69) is 10.3 Å². The molecular formula is C20H22N2O2. The Morgan fingerprint density at radius 1 is 1.04 bits per heavy atom. The molecule has 3 rings (SSSR count). The molecule has 0 bridgehead atoms. The maximum absolute atomic E-state index is 12.5. The van der Waals surface area contributed by atoms with Crippen LogP contribution in [0.5, 0.6) is 5.75 Å². The van der Waals surface area contributed by atoms with E-state index in [9.17, 15) is 4.79 Å². The number of hydrogen-bond acceptors (Lipinski definition) is 2. The van der Waals surface area contributed by atoms with E-state index < -0.39 is 0 Å². The van der Waals surface area contributed by atoms with E-state index in [-0.39, 0.29) is 18.1 Å². The van der Waals surface area contributed by atoms with Crippen LogP contribution < -0.4 is 10.1 Å². The molecule has 2 N–H and O–H groups in total. The molecule has 2 aromatic carbocycles. The Labute approximate surface area is 141 Å². The van der Waals surface area contributed by atoms with Crippen LogP contribution in [0.1, 0.15) is 42.9 Å². The highest BCUT2D eigenvalue weighted by atomic mass is 16.5. The predicted molar refractivity (Wildman–Crippen MR) is 96.4 cm³/mol. The van der Waals surface area contributed by atoms with Gasteiger partial charge in [0.2, 0.25) is 0 Å². The minimum atomic E-state index is -0.117. The molecule has 1 heterocycles. The molecule has 4 nitrogen and oxygen atoms in total. The van der Waals surface area contributed by atoms with Crippen molar-refractivity contribution in [2.75, 3.05) is 0 Å². The molecule has 0 radical (unpaired) electrons. The zero-order valence-electron chi connectivity index (χ0n) is 14.2. The Balaban J connectivity index is 1.77. The van der Waals surface area contributed by atoms with Crippen LogP contribution in [0.3, 0.4) is 0 Å². The van der Waals surface area contributed by atoms with Crippen molar-refractivity contribution in [1.29, 1.82) is 0 Å². The summed E-state index contributed by atoms with van der Waals surface area (Å²) in [6, 6.07) is 17.5. The van der Waals surface area contributed by atoms with E-state index in [4.69, 9.17) is 4.74 Å². The lowest BCUT2D eigenvalue weighted by Gasteiger charge is -2.13. The average Bonchev–Trinajstić information content (AvgIpc) is 2.98. The second kappa shape index (κ2) is 6.79. The average molecular weight is 322 g/mol. The third-order valence-corrected chi connectivity index (χ3v) is 3.86. The summed E-state index contributed by atoms with van der Waals surface area (Å²) in [5, 5.41) is 3.98. The summed E-state index contributed by atoms with van der Waals surface area (Å²) in [6.45, 7) is 5.96. The highest BCUT2D eigenvalue weighted by Crippen LogP contribution is 2.23. The van der Waals surface area contributed by atoms with Gasteiger partial charge in [-0.25, -0.2) is 0 Å². The predicted octanol–water partition coefficient (Wildman–Crippen LogP) is 4.45. The van der Waals surface area contributed by atoms with Crippen LogP contribution >= 0.6 is 0 Å². The fraction of sp³-hybridized carbons (Fsp3) is 0.250. The fourth-order valence-corrected chi connectivity index (χ4v) is 2.68. The summed E-state index contributed by atoms with van der Waals surface area (Å²) in [5.74, 6) is 0.690. The largest absolute Gasteiger partial charge is 0.491 e. The van der Waals surface area contributed by atoms with E-state index in [0.29, 0.717) is 5.69 Å². The second-order valence-corrected chi connectivity index (χ2v) is 6.20. The highest BCUT2D eigenvalue weighted by Gasteiger charge is 2.14. The number of H-pyrrole nitrogens is 1. The molecule has 1 aromatic heterocycles. The van der Waals surface area contributed by atoms with Gasteiger partial charge < -0.3 is 15.0 Å². The van der Waals surface area contributed by atoms with E-state index in [1.54, 1.807) is 0 Å². The number of aromatic amines is 1. The van der Waals surface area contributed by atoms with Gasteiger partial charge in [0.1, 0.15) is 11.4 Å². The molecule has 1 amide bonds. The fourth-order valence-electron chi connectivity index (χ4n) is 2.68. The van der Waals surface area contributed by atoms with Crippen molar-refractivity contribution < 1.29 is 9.53 Å². The Kier molecular flexibility index (Phi) is 4.56. The van der Waals surface area contributed by atoms with Crippen molar-refractivity contribution in [3.8, 4) is 5.75 Å². The Morgan fingerprint density at radius 2 is 1.79 bits per heavy atom. The van der Waals surface area contributed by atoms with Crippen molar-refractivity contribution >= 4 is 16.8 Å². The molecular weight excluding hydrogens is 300 g/mol. The van der Waals surface area contributed by atoms with Gasteiger partial charge in [-0.05, 0) is 50.6 Å². The van der Waals surface area contributed by atoms with Crippen molar-refractivity contribution in [3.05, 3.63) is 65.9 Å². The lowest BCUT2D eigenvalue weighted by Crippen LogP contribution is -2.26. The van der Waals surface area contributed by atoms with Gasteiger partial charge in [0, 0.05) is 10.9 Å². The first-order valence-electron chi connectivity index (χ1n) is 8.18. The zero-order valence-corrected chi connectivity index (χ0v) is 14.2. The normalized spacial score (nSPS) is 12.3. The van der Waals surface area contributed by atoms with Gasteiger partial charge in [0.05, 0.1) is 12.1 Å². The Hall–Kier alpha value is -2.75. The molecule has 124 valence electrons. The number of carbonyl (C=O) groups excluding carboxylic acids is 1. The molecule has 0 aliphatic heterocycles. The SMILES string of the molecule is CC(C)Oc1ccc2[nH]c(C(=O)N[C@H](C)c3ccccc3)cc2c1. The van der Waals surface area contributed by atoms with E-state index in [1.807, 2.05) is 75.4 Å². The van der Waals surface area contributed by atoms with Crippen LogP contribution in [0.25, 0.3) is 10.9 Å². The van der Waals surface area contributed by atoms with E-state index >= 15 is 0 Å². The quantitative estimate of drug-likeness (QED) is 0.729. The van der Waals surface area contributed by atoms with Crippen LogP contribution in [0.2, 0.25) is 0 Å². The van der Waals surface area contributed by atoms with Gasteiger partial charge in [-0.1, -0.05) is 30.3 Å². The molecule has 0 saturated carbocycles. The molecule has 0 aliphatic carbocycles. The number of carbonyl (C=O) groups is 1. The van der Waals surface area contributed by atoms with Crippen LogP contribution in [-0.2, 0) is 0 Å². The number of amides is 1. The summed E-state index contributed by atoms with van der Waals surface area (Å²) >= 11 is 0. The molecule has 24 heavy (non-hydrogen) atoms. The van der Waals surface area contributed by atoms with E-state index in [0.717, 1.165) is 22.2 Å². The second-order valence-electron chi connectivity index (χ2n) is 6.20. The monoisotopic (exact) mass is 322 g/mol. The highest BCUT2D eigenvalue weighted by molar-refractivity contribution is 5.98. The molecule has 1 atom stereocenters. The van der Waals surface area contributed by atoms with Crippen LogP contribution in [0.4, 0.5) is 0 Å². The number of nitrogens with one attached hydrogen (secondary N) is 2. The summed E-state index contributed by atoms with van der Waals surface area (Å²) in [7, 11) is 0. The first-order valence-corrected chi connectivity index (χ1v) is 8.18. The van der Waals surface area contributed by atoms with Crippen molar-refractivity contribution in [2.45, 2.75) is 32.9 Å². The van der Waals surface area contributed by atoms with Gasteiger partial charge in [0.15, 0.2) is 0 Å². The minimum Gasteiger partial charge on any atom is -0.491 e. The molecule has 0 spiro atoms. The van der Waals surface area contributed by atoms with Crippen LogP contribution in [0, 0.1) is 0 Å². The first kappa shape index (κ1) is 16.1. The third-order valence-electron chi connectivity index (χ3n) is 3.86.